The number of piperidine rings is 1. The van der Waals surface area contributed by atoms with E-state index in [9.17, 15) is 14.4 Å². The van der Waals surface area contributed by atoms with E-state index < -0.39 is 11.9 Å². The summed E-state index contributed by atoms with van der Waals surface area (Å²) in [5, 5.41) is 9.08. The standard InChI is InChI=1S/C17H28N2O6/c1-18(15(20)6-9-24-12-14-5-3-8-25-14)11-16(21)19-7-2-4-13(10-19)17(22)23/h13-14H,2-12H2,1H3,(H,22,23). The molecule has 0 aliphatic carbocycles. The summed E-state index contributed by atoms with van der Waals surface area (Å²) in [5.41, 5.74) is 0. The van der Waals surface area contributed by atoms with E-state index >= 15 is 0 Å². The van der Waals surface area contributed by atoms with Crippen LogP contribution in [0, 0.1) is 5.92 Å². The van der Waals surface area contributed by atoms with Crippen molar-refractivity contribution in [1.82, 2.24) is 9.80 Å². The van der Waals surface area contributed by atoms with Crippen LogP contribution in [0.2, 0.25) is 0 Å². The van der Waals surface area contributed by atoms with E-state index in [0.29, 0.717) is 32.6 Å². The van der Waals surface area contributed by atoms with Gasteiger partial charge in [-0.3, -0.25) is 14.4 Å². The van der Waals surface area contributed by atoms with E-state index in [1.54, 1.807) is 11.9 Å². The lowest BCUT2D eigenvalue weighted by Gasteiger charge is -2.32. The zero-order valence-electron chi connectivity index (χ0n) is 14.8. The molecule has 2 rings (SSSR count). The predicted molar refractivity (Wildman–Crippen MR) is 89.0 cm³/mol. The van der Waals surface area contributed by atoms with Gasteiger partial charge in [-0.25, -0.2) is 0 Å². The number of nitrogens with zero attached hydrogens (tertiary/aromatic N) is 2. The Balaban J connectivity index is 1.65. The molecule has 0 aromatic carbocycles. The fraction of sp³-hybridized carbons (Fsp3) is 0.824. The molecular weight excluding hydrogens is 328 g/mol. The largest absolute Gasteiger partial charge is 0.481 e. The monoisotopic (exact) mass is 356 g/mol. The molecule has 2 aliphatic heterocycles. The SMILES string of the molecule is CN(CC(=O)N1CCCC(C(=O)O)C1)C(=O)CCOCC1CCCO1. The first-order valence-corrected chi connectivity index (χ1v) is 8.91. The minimum atomic E-state index is -0.870. The van der Waals surface area contributed by atoms with Gasteiger partial charge in [-0.1, -0.05) is 0 Å². The molecule has 8 nitrogen and oxygen atoms in total. The van der Waals surface area contributed by atoms with Gasteiger partial charge in [0.1, 0.15) is 0 Å². The molecule has 0 saturated carbocycles. The fourth-order valence-electron chi connectivity index (χ4n) is 3.14. The Kier molecular flexibility index (Phi) is 7.64. The molecule has 0 aromatic rings. The summed E-state index contributed by atoms with van der Waals surface area (Å²) in [6.07, 6.45) is 3.67. The Morgan fingerprint density at radius 1 is 1.28 bits per heavy atom. The summed E-state index contributed by atoms with van der Waals surface area (Å²) < 4.78 is 10.9. The number of aliphatic carboxylic acids is 1. The Labute approximate surface area is 148 Å². The molecule has 25 heavy (non-hydrogen) atoms. The van der Waals surface area contributed by atoms with Gasteiger partial charge in [-0.2, -0.15) is 0 Å². The van der Waals surface area contributed by atoms with Gasteiger partial charge in [-0.15, -0.1) is 0 Å². The lowest BCUT2D eigenvalue weighted by atomic mass is 9.98. The number of likely N-dealkylation sites (tertiary alicyclic amines) is 1. The van der Waals surface area contributed by atoms with Crippen molar-refractivity contribution in [3.05, 3.63) is 0 Å². The third kappa shape index (κ3) is 6.28. The Morgan fingerprint density at radius 3 is 2.76 bits per heavy atom. The number of hydrogen-bond donors (Lipinski definition) is 1. The predicted octanol–water partition coefficient (Wildman–Crippen LogP) is 0.354. The summed E-state index contributed by atoms with van der Waals surface area (Å²) >= 11 is 0. The van der Waals surface area contributed by atoms with Crippen LogP contribution >= 0.6 is 0 Å². The summed E-state index contributed by atoms with van der Waals surface area (Å²) in [6.45, 7) is 2.33. The minimum Gasteiger partial charge on any atom is -0.481 e. The number of hydrogen-bond acceptors (Lipinski definition) is 5. The van der Waals surface area contributed by atoms with Gasteiger partial charge >= 0.3 is 5.97 Å². The first kappa shape index (κ1) is 19.7. The molecule has 142 valence electrons. The average molecular weight is 356 g/mol. The molecular formula is C17H28N2O6. The maximum atomic E-state index is 12.3. The summed E-state index contributed by atoms with van der Waals surface area (Å²) in [6, 6.07) is 0. The maximum Gasteiger partial charge on any atom is 0.308 e. The van der Waals surface area contributed by atoms with Gasteiger partial charge in [0.05, 0.1) is 38.2 Å². The first-order chi connectivity index (χ1) is 12.0. The second-order valence-electron chi connectivity index (χ2n) is 6.73. The van der Waals surface area contributed by atoms with E-state index in [-0.39, 0.29) is 37.4 Å². The molecule has 2 saturated heterocycles. The Morgan fingerprint density at radius 2 is 2.08 bits per heavy atom. The molecule has 0 aromatic heterocycles. The van der Waals surface area contributed by atoms with Gasteiger partial charge in [0.15, 0.2) is 0 Å². The van der Waals surface area contributed by atoms with Crippen molar-refractivity contribution < 1.29 is 29.0 Å². The Bertz CT molecular complexity index is 478. The van der Waals surface area contributed by atoms with Crippen molar-refractivity contribution in [1.29, 1.82) is 0 Å². The number of likely N-dealkylation sites (N-methyl/N-ethyl adjacent to an activating group) is 1. The highest BCUT2D eigenvalue weighted by Gasteiger charge is 2.28. The van der Waals surface area contributed by atoms with Crippen molar-refractivity contribution in [2.24, 2.45) is 5.92 Å². The normalized spacial score (nSPS) is 23.5. The second-order valence-corrected chi connectivity index (χ2v) is 6.73. The molecule has 2 amide bonds. The average Bonchev–Trinajstić information content (AvgIpc) is 3.11. The highest BCUT2D eigenvalue weighted by molar-refractivity contribution is 5.85. The zero-order chi connectivity index (χ0) is 18.2. The summed E-state index contributed by atoms with van der Waals surface area (Å²) in [5.74, 6) is -1.75. The van der Waals surface area contributed by atoms with Gasteiger partial charge in [0, 0.05) is 26.7 Å². The van der Waals surface area contributed by atoms with Crippen LogP contribution in [0.25, 0.3) is 0 Å². The van der Waals surface area contributed by atoms with Crippen LogP contribution in [0.1, 0.15) is 32.1 Å². The third-order valence-corrected chi connectivity index (χ3v) is 4.71. The fourth-order valence-corrected chi connectivity index (χ4v) is 3.14. The topological polar surface area (TPSA) is 96.4 Å². The molecule has 8 heteroatoms. The Hall–Kier alpha value is -1.67. The summed E-state index contributed by atoms with van der Waals surface area (Å²) in [7, 11) is 1.58. The first-order valence-electron chi connectivity index (χ1n) is 8.91. The highest BCUT2D eigenvalue weighted by atomic mass is 16.5. The van der Waals surface area contributed by atoms with E-state index in [2.05, 4.69) is 0 Å². The van der Waals surface area contributed by atoms with Crippen molar-refractivity contribution in [3.63, 3.8) is 0 Å². The van der Waals surface area contributed by atoms with Crippen LogP contribution in [-0.4, -0.2) is 85.3 Å². The van der Waals surface area contributed by atoms with Crippen LogP contribution in [0.3, 0.4) is 0 Å². The van der Waals surface area contributed by atoms with Crippen LogP contribution in [-0.2, 0) is 23.9 Å². The van der Waals surface area contributed by atoms with Gasteiger partial charge in [-0.05, 0) is 25.7 Å². The van der Waals surface area contributed by atoms with Crippen LogP contribution in [0.5, 0.6) is 0 Å². The lowest BCUT2D eigenvalue weighted by molar-refractivity contribution is -0.147. The molecule has 0 bridgehead atoms. The number of carboxylic acid groups (broad SMARTS) is 1. The zero-order valence-corrected chi connectivity index (χ0v) is 14.8. The van der Waals surface area contributed by atoms with E-state index in [1.165, 1.54) is 4.90 Å². The van der Waals surface area contributed by atoms with Crippen molar-refractivity contribution in [3.8, 4) is 0 Å². The van der Waals surface area contributed by atoms with Crippen molar-refractivity contribution in [2.75, 3.05) is 46.5 Å². The third-order valence-electron chi connectivity index (χ3n) is 4.71. The number of carbonyl (C=O) groups is 3. The number of rotatable bonds is 8. The van der Waals surface area contributed by atoms with Gasteiger partial charge < -0.3 is 24.4 Å². The number of carboxylic acids is 1. The van der Waals surface area contributed by atoms with Gasteiger partial charge in [0.25, 0.3) is 0 Å². The molecule has 2 fully saturated rings. The molecule has 2 aliphatic rings. The number of amides is 2. The molecule has 2 heterocycles. The number of ether oxygens (including phenoxy) is 2. The van der Waals surface area contributed by atoms with Crippen molar-refractivity contribution >= 4 is 17.8 Å². The second kappa shape index (κ2) is 9.72. The molecule has 2 unspecified atom stereocenters. The molecule has 0 spiro atoms. The van der Waals surface area contributed by atoms with E-state index in [4.69, 9.17) is 14.6 Å². The van der Waals surface area contributed by atoms with E-state index in [0.717, 1.165) is 19.4 Å². The highest BCUT2D eigenvalue weighted by Crippen LogP contribution is 2.17. The molecule has 2 atom stereocenters. The molecule has 1 N–H and O–H groups in total. The van der Waals surface area contributed by atoms with Crippen molar-refractivity contribution in [2.45, 2.75) is 38.2 Å². The van der Waals surface area contributed by atoms with Crippen LogP contribution in [0.4, 0.5) is 0 Å². The smallest absolute Gasteiger partial charge is 0.308 e. The molecule has 0 radical (unpaired) electrons. The summed E-state index contributed by atoms with van der Waals surface area (Å²) in [4.78, 5) is 38.3. The maximum absolute atomic E-state index is 12.3. The minimum absolute atomic E-state index is 0.0308. The quantitative estimate of drug-likeness (QED) is 0.631. The van der Waals surface area contributed by atoms with Gasteiger partial charge in [0.2, 0.25) is 11.8 Å². The van der Waals surface area contributed by atoms with Crippen LogP contribution < -0.4 is 0 Å². The number of carbonyl (C=O) groups excluding carboxylic acids is 2. The lowest BCUT2D eigenvalue weighted by Crippen LogP contribution is -2.47. The van der Waals surface area contributed by atoms with Crippen LogP contribution in [0.15, 0.2) is 0 Å². The van der Waals surface area contributed by atoms with E-state index in [1.807, 2.05) is 0 Å².